The van der Waals surface area contributed by atoms with Crippen LogP contribution in [0, 0.1) is 11.8 Å². The number of nitrogens with two attached hydrogens (primary N) is 3. The maximum absolute atomic E-state index is 13.7. The van der Waals surface area contributed by atoms with Gasteiger partial charge in [0.05, 0.1) is 32.2 Å². The first-order chi connectivity index (χ1) is 29.6. The van der Waals surface area contributed by atoms with Crippen LogP contribution in [0.3, 0.4) is 0 Å². The molecule has 9 amide bonds. The Balaban J connectivity index is 3.04. The number of carboxylic acids is 2. The Morgan fingerprint density at radius 2 is 1.30 bits per heavy atom. The molecule has 1 aliphatic heterocycles. The molecule has 0 aromatic heterocycles. The maximum atomic E-state index is 13.7. The van der Waals surface area contributed by atoms with Crippen LogP contribution < -0.4 is 54.4 Å². The molecule has 8 atom stereocenters. The van der Waals surface area contributed by atoms with E-state index in [1.54, 1.807) is 20.8 Å². The maximum Gasteiger partial charge on any atom is 0.326 e. The van der Waals surface area contributed by atoms with Gasteiger partial charge in [0.25, 0.3) is 0 Å². The number of amides is 9. The molecule has 0 unspecified atom stereocenters. The van der Waals surface area contributed by atoms with Gasteiger partial charge in [-0.25, -0.2) is 4.79 Å². The number of unbranched alkanes of at least 4 members (excludes halogenated alkanes) is 1. The van der Waals surface area contributed by atoms with E-state index >= 15 is 0 Å². The highest BCUT2D eigenvalue weighted by Gasteiger charge is 2.38. The third-order valence-electron chi connectivity index (χ3n) is 10.2. The highest BCUT2D eigenvalue weighted by molar-refractivity contribution is 5.98. The molecule has 1 saturated heterocycles. The van der Waals surface area contributed by atoms with E-state index in [2.05, 4.69) is 37.2 Å². The minimum atomic E-state index is -1.85. The van der Waals surface area contributed by atoms with Crippen LogP contribution >= 0.6 is 0 Å². The Morgan fingerprint density at radius 1 is 0.714 bits per heavy atom. The van der Waals surface area contributed by atoms with Crippen LogP contribution in [0.2, 0.25) is 0 Å². The van der Waals surface area contributed by atoms with Crippen molar-refractivity contribution in [2.24, 2.45) is 29.0 Å². The highest BCUT2D eigenvalue weighted by atomic mass is 16.4. The molecule has 0 aromatic carbocycles. The van der Waals surface area contributed by atoms with Crippen molar-refractivity contribution >= 4 is 65.1 Å². The summed E-state index contributed by atoms with van der Waals surface area (Å²) in [6.07, 6.45) is 0.420. The molecule has 0 spiro atoms. The van der Waals surface area contributed by atoms with Crippen molar-refractivity contribution in [2.45, 2.75) is 128 Å². The quantitative estimate of drug-likeness (QED) is 0.0312. The molecule has 0 bridgehead atoms. The zero-order valence-electron chi connectivity index (χ0n) is 36.1. The third kappa shape index (κ3) is 19.3. The van der Waals surface area contributed by atoms with Crippen LogP contribution in [0.1, 0.15) is 85.5 Å². The molecule has 16 N–H and O–H groups in total. The lowest BCUT2D eigenvalue weighted by molar-refractivity contribution is -0.149. The van der Waals surface area contributed by atoms with Crippen LogP contribution in [0.5, 0.6) is 0 Å². The molecular formula is C38H65N11O14. The fraction of sp³-hybridized carbons (Fsp3) is 0.711. The predicted molar refractivity (Wildman–Crippen MR) is 221 cm³/mol. The molecule has 0 saturated carbocycles. The number of hydrogen-bond acceptors (Lipinski definition) is 14. The molecule has 0 aromatic rings. The monoisotopic (exact) mass is 899 g/mol. The number of carbonyl (C=O) groups excluding carboxylic acids is 9. The van der Waals surface area contributed by atoms with Gasteiger partial charge >= 0.3 is 11.9 Å². The second-order valence-corrected chi connectivity index (χ2v) is 15.5. The molecule has 1 fully saturated rings. The molecule has 25 nitrogen and oxygen atoms in total. The van der Waals surface area contributed by atoms with Crippen LogP contribution in [-0.4, -0.2) is 160 Å². The van der Waals surface area contributed by atoms with Gasteiger partial charge in [-0.05, 0) is 56.9 Å². The number of aliphatic hydroxyl groups is 1. The van der Waals surface area contributed by atoms with Crippen molar-refractivity contribution in [1.29, 1.82) is 0 Å². The van der Waals surface area contributed by atoms with Crippen molar-refractivity contribution < 1.29 is 68.1 Å². The van der Waals surface area contributed by atoms with Crippen LogP contribution in [0.25, 0.3) is 0 Å². The van der Waals surface area contributed by atoms with Gasteiger partial charge < -0.3 is 74.6 Å². The Labute approximate surface area is 364 Å². The van der Waals surface area contributed by atoms with Gasteiger partial charge in [0.1, 0.15) is 36.3 Å². The molecule has 356 valence electrons. The summed E-state index contributed by atoms with van der Waals surface area (Å²) in [6.45, 7) is 4.74. The van der Waals surface area contributed by atoms with E-state index < -0.39 is 152 Å². The van der Waals surface area contributed by atoms with Gasteiger partial charge in [-0.15, -0.1) is 0 Å². The lowest BCUT2D eigenvalue weighted by Crippen LogP contribution is -2.60. The summed E-state index contributed by atoms with van der Waals surface area (Å²) in [4.78, 5) is 140. The van der Waals surface area contributed by atoms with Crippen LogP contribution in [0.4, 0.5) is 0 Å². The first kappa shape index (κ1) is 55.1. The Hall–Kier alpha value is -5.95. The van der Waals surface area contributed by atoms with Crippen LogP contribution in [0.15, 0.2) is 0 Å². The Morgan fingerprint density at radius 3 is 1.86 bits per heavy atom. The minimum absolute atomic E-state index is 0.0954. The predicted octanol–water partition coefficient (Wildman–Crippen LogP) is -5.39. The number of nitrogens with one attached hydrogen (secondary N) is 7. The van der Waals surface area contributed by atoms with Gasteiger partial charge in [0, 0.05) is 13.0 Å². The number of nitrogens with zero attached hydrogens (tertiary/aromatic N) is 1. The number of aliphatic carboxylic acids is 2. The molecule has 1 rings (SSSR count). The van der Waals surface area contributed by atoms with Crippen molar-refractivity contribution in [3.63, 3.8) is 0 Å². The minimum Gasteiger partial charge on any atom is -0.481 e. The highest BCUT2D eigenvalue weighted by Crippen LogP contribution is 2.18. The summed E-state index contributed by atoms with van der Waals surface area (Å²) in [6, 6.07) is -9.45. The van der Waals surface area contributed by atoms with Gasteiger partial charge in [0.2, 0.25) is 53.2 Å². The zero-order valence-corrected chi connectivity index (χ0v) is 36.1. The van der Waals surface area contributed by atoms with Crippen molar-refractivity contribution in [3.05, 3.63) is 0 Å². The van der Waals surface area contributed by atoms with E-state index in [1.165, 1.54) is 0 Å². The molecule has 1 aliphatic rings. The lowest BCUT2D eigenvalue weighted by Gasteiger charge is -2.28. The third-order valence-corrected chi connectivity index (χ3v) is 10.2. The first-order valence-electron chi connectivity index (χ1n) is 20.7. The fourth-order valence-electron chi connectivity index (χ4n) is 6.25. The van der Waals surface area contributed by atoms with Gasteiger partial charge in [-0.2, -0.15) is 0 Å². The van der Waals surface area contributed by atoms with E-state index in [9.17, 15) is 68.1 Å². The largest absolute Gasteiger partial charge is 0.481 e. The molecule has 0 aliphatic carbocycles. The molecular weight excluding hydrogens is 834 g/mol. The van der Waals surface area contributed by atoms with Crippen LogP contribution in [-0.2, 0) is 52.7 Å². The number of carbonyl (C=O) groups is 11. The average molecular weight is 900 g/mol. The van der Waals surface area contributed by atoms with E-state index in [0.717, 1.165) is 4.90 Å². The van der Waals surface area contributed by atoms with E-state index in [-0.39, 0.29) is 25.3 Å². The Bertz CT molecular complexity index is 1650. The van der Waals surface area contributed by atoms with Gasteiger partial charge in [-0.3, -0.25) is 47.9 Å². The summed E-state index contributed by atoms with van der Waals surface area (Å²) in [5.74, 6) is -11.8. The normalized spacial score (nSPS) is 16.8. The number of aliphatic hydroxyl groups excluding tert-OH is 1. The zero-order chi connectivity index (χ0) is 48.0. The van der Waals surface area contributed by atoms with E-state index in [4.69, 9.17) is 17.2 Å². The fourth-order valence-corrected chi connectivity index (χ4v) is 6.25. The van der Waals surface area contributed by atoms with Crippen molar-refractivity contribution in [2.75, 3.05) is 32.8 Å². The van der Waals surface area contributed by atoms with E-state index in [0.29, 0.717) is 32.2 Å². The second-order valence-electron chi connectivity index (χ2n) is 15.5. The topological polar surface area (TPSA) is 414 Å². The number of rotatable bonds is 29. The molecule has 1 heterocycles. The van der Waals surface area contributed by atoms with Crippen molar-refractivity contribution in [1.82, 2.24) is 42.1 Å². The first-order valence-corrected chi connectivity index (χ1v) is 20.7. The lowest BCUT2D eigenvalue weighted by atomic mass is 9.98. The smallest absolute Gasteiger partial charge is 0.326 e. The summed E-state index contributed by atoms with van der Waals surface area (Å²) in [7, 11) is 0. The molecule has 25 heteroatoms. The standard InChI is InChI=1S/C38H65N11O14/c1-5-20(4)30(41)35(59)45-21(9-6-7-13-39)34(58)48-31(19(2)3)36(60)46-22(11-12-26(40)51)33(57)47-23(15-29(54)55)32(56)43-16-27(52)42-17-28(53)44-24(18-50)37(61)49-14-8-10-25(49)38(62)63/h19-25,30-31,50H,5-18,39,41H2,1-4H3,(H2,40,51)(H,42,52)(H,43,56)(H,44,53)(H,45,59)(H,46,60)(H,47,57)(H,48,58)(H,54,55)(H,62,63)/t20-,21-,22-,23-,24-,25-,30-,31-/m0/s1. The van der Waals surface area contributed by atoms with Crippen molar-refractivity contribution in [3.8, 4) is 0 Å². The van der Waals surface area contributed by atoms with Gasteiger partial charge in [-0.1, -0.05) is 34.1 Å². The number of primary amides is 1. The second kappa shape index (κ2) is 27.9. The Kier molecular flexibility index (Phi) is 24.4. The summed E-state index contributed by atoms with van der Waals surface area (Å²) in [5.41, 5.74) is 17.0. The summed E-state index contributed by atoms with van der Waals surface area (Å²) in [5, 5.41) is 44.7. The SMILES string of the molecule is CC[C@H](C)[C@H](N)C(=O)N[C@@H](CCCCN)C(=O)N[C@H](C(=O)N[C@@H](CCC(N)=O)C(=O)N[C@@H](CC(=O)O)C(=O)NCC(=O)NCC(=O)N[C@@H](CO)C(=O)N1CCC[C@H]1C(=O)O)C(C)C. The van der Waals surface area contributed by atoms with Gasteiger partial charge in [0.15, 0.2) is 0 Å². The van der Waals surface area contributed by atoms with E-state index in [1.807, 2.05) is 6.92 Å². The molecule has 0 radical (unpaired) electrons. The average Bonchev–Trinajstić information content (AvgIpc) is 3.73. The summed E-state index contributed by atoms with van der Waals surface area (Å²) < 4.78 is 0. The number of carboxylic acid groups (broad SMARTS) is 2. The number of hydrogen-bond donors (Lipinski definition) is 13. The number of likely N-dealkylation sites (tertiary alicyclic amines) is 1. The summed E-state index contributed by atoms with van der Waals surface area (Å²) >= 11 is 0. The molecule has 63 heavy (non-hydrogen) atoms.